The van der Waals surface area contributed by atoms with E-state index in [-0.39, 0.29) is 6.10 Å². The summed E-state index contributed by atoms with van der Waals surface area (Å²) in [5, 5.41) is 9.54. The summed E-state index contributed by atoms with van der Waals surface area (Å²) in [4.78, 5) is 0. The SMILES string of the molecule is CCCCCCC(O)COCCOCC. The maximum atomic E-state index is 9.54. The first-order valence-electron chi connectivity index (χ1n) is 6.14. The van der Waals surface area contributed by atoms with Crippen LogP contribution in [-0.2, 0) is 9.47 Å². The van der Waals surface area contributed by atoms with Gasteiger partial charge in [0.15, 0.2) is 0 Å². The van der Waals surface area contributed by atoms with E-state index in [0.29, 0.717) is 19.8 Å². The summed E-state index contributed by atoms with van der Waals surface area (Å²) in [5.74, 6) is 0. The maximum Gasteiger partial charge on any atom is 0.0773 e. The highest BCUT2D eigenvalue weighted by Gasteiger charge is 2.03. The van der Waals surface area contributed by atoms with Gasteiger partial charge in [-0.2, -0.15) is 0 Å². The Morgan fingerprint density at radius 1 is 1.00 bits per heavy atom. The van der Waals surface area contributed by atoms with Crippen molar-refractivity contribution >= 4 is 0 Å². The zero-order chi connectivity index (χ0) is 11.4. The number of aliphatic hydroxyl groups excluding tert-OH is 1. The Balaban J connectivity index is 3.08. The van der Waals surface area contributed by atoms with E-state index in [1.807, 2.05) is 6.92 Å². The van der Waals surface area contributed by atoms with E-state index in [1.165, 1.54) is 19.3 Å². The van der Waals surface area contributed by atoms with Gasteiger partial charge in [-0.05, 0) is 13.3 Å². The normalized spacial score (nSPS) is 13.0. The Kier molecular flexibility index (Phi) is 11.9. The lowest BCUT2D eigenvalue weighted by Gasteiger charge is -2.10. The molecule has 0 aromatic rings. The number of rotatable bonds is 11. The second kappa shape index (κ2) is 12.0. The molecular weight excluding hydrogens is 192 g/mol. The molecule has 0 spiro atoms. The number of ether oxygens (including phenoxy) is 2. The van der Waals surface area contributed by atoms with Crippen LogP contribution in [0.15, 0.2) is 0 Å². The Hall–Kier alpha value is -0.120. The molecule has 1 N–H and O–H groups in total. The fourth-order valence-electron chi connectivity index (χ4n) is 1.37. The average Bonchev–Trinajstić information content (AvgIpc) is 2.24. The molecule has 0 heterocycles. The molecular formula is C12H26O3. The molecule has 3 heteroatoms. The largest absolute Gasteiger partial charge is 0.391 e. The van der Waals surface area contributed by atoms with Crippen molar-refractivity contribution in [2.24, 2.45) is 0 Å². The zero-order valence-electron chi connectivity index (χ0n) is 10.2. The van der Waals surface area contributed by atoms with Crippen LogP contribution in [0.5, 0.6) is 0 Å². The molecule has 0 aliphatic rings. The highest BCUT2D eigenvalue weighted by atomic mass is 16.5. The fraction of sp³-hybridized carbons (Fsp3) is 1.00. The Bertz CT molecular complexity index is 117. The van der Waals surface area contributed by atoms with Crippen LogP contribution >= 0.6 is 0 Å². The number of hydrogen-bond acceptors (Lipinski definition) is 3. The molecule has 0 amide bonds. The minimum atomic E-state index is -0.302. The van der Waals surface area contributed by atoms with Crippen LogP contribution < -0.4 is 0 Å². The van der Waals surface area contributed by atoms with E-state index >= 15 is 0 Å². The van der Waals surface area contributed by atoms with Gasteiger partial charge in [-0.25, -0.2) is 0 Å². The van der Waals surface area contributed by atoms with Crippen LogP contribution in [-0.4, -0.2) is 37.6 Å². The smallest absolute Gasteiger partial charge is 0.0773 e. The van der Waals surface area contributed by atoms with Gasteiger partial charge in [0.1, 0.15) is 0 Å². The molecule has 0 aliphatic carbocycles. The van der Waals surface area contributed by atoms with E-state index in [0.717, 1.165) is 19.4 Å². The van der Waals surface area contributed by atoms with Crippen molar-refractivity contribution in [3.63, 3.8) is 0 Å². The lowest BCUT2D eigenvalue weighted by Crippen LogP contribution is -2.17. The van der Waals surface area contributed by atoms with Gasteiger partial charge in [0.2, 0.25) is 0 Å². The predicted molar refractivity (Wildman–Crippen MR) is 62.1 cm³/mol. The molecule has 0 aliphatic heterocycles. The second-order valence-corrected chi connectivity index (χ2v) is 3.77. The van der Waals surface area contributed by atoms with Gasteiger partial charge < -0.3 is 14.6 Å². The Labute approximate surface area is 93.8 Å². The lowest BCUT2D eigenvalue weighted by atomic mass is 10.1. The topological polar surface area (TPSA) is 38.7 Å². The monoisotopic (exact) mass is 218 g/mol. The predicted octanol–water partition coefficient (Wildman–Crippen LogP) is 2.37. The van der Waals surface area contributed by atoms with Crippen molar-refractivity contribution in [2.75, 3.05) is 26.4 Å². The summed E-state index contributed by atoms with van der Waals surface area (Å²) in [6, 6.07) is 0. The molecule has 0 saturated carbocycles. The lowest BCUT2D eigenvalue weighted by molar-refractivity contribution is 0.00277. The first-order chi connectivity index (χ1) is 7.31. The van der Waals surface area contributed by atoms with E-state index in [2.05, 4.69) is 6.92 Å². The van der Waals surface area contributed by atoms with Crippen LogP contribution in [0.25, 0.3) is 0 Å². The summed E-state index contributed by atoms with van der Waals surface area (Å²) in [6.07, 6.45) is 5.37. The molecule has 0 saturated heterocycles. The van der Waals surface area contributed by atoms with Gasteiger partial charge in [0.05, 0.1) is 25.9 Å². The van der Waals surface area contributed by atoms with Gasteiger partial charge in [-0.1, -0.05) is 32.6 Å². The van der Waals surface area contributed by atoms with Crippen molar-refractivity contribution < 1.29 is 14.6 Å². The van der Waals surface area contributed by atoms with Gasteiger partial charge in [0.25, 0.3) is 0 Å². The van der Waals surface area contributed by atoms with Crippen LogP contribution in [0.3, 0.4) is 0 Å². The first kappa shape index (κ1) is 14.9. The minimum absolute atomic E-state index is 0.302. The highest BCUT2D eigenvalue weighted by molar-refractivity contribution is 4.54. The molecule has 0 radical (unpaired) electrons. The third-order valence-electron chi connectivity index (χ3n) is 2.28. The first-order valence-corrected chi connectivity index (χ1v) is 6.14. The fourth-order valence-corrected chi connectivity index (χ4v) is 1.37. The quantitative estimate of drug-likeness (QED) is 0.541. The minimum Gasteiger partial charge on any atom is -0.391 e. The molecule has 92 valence electrons. The molecule has 0 rings (SSSR count). The number of aliphatic hydroxyl groups is 1. The van der Waals surface area contributed by atoms with Crippen molar-refractivity contribution in [1.82, 2.24) is 0 Å². The van der Waals surface area contributed by atoms with Crippen molar-refractivity contribution in [3.8, 4) is 0 Å². The molecule has 0 fully saturated rings. The van der Waals surface area contributed by atoms with E-state index < -0.39 is 0 Å². The van der Waals surface area contributed by atoms with Crippen molar-refractivity contribution in [2.45, 2.75) is 52.1 Å². The summed E-state index contributed by atoms with van der Waals surface area (Å²) >= 11 is 0. The second-order valence-electron chi connectivity index (χ2n) is 3.77. The highest BCUT2D eigenvalue weighted by Crippen LogP contribution is 2.05. The van der Waals surface area contributed by atoms with Crippen molar-refractivity contribution in [3.05, 3.63) is 0 Å². The molecule has 15 heavy (non-hydrogen) atoms. The Morgan fingerprint density at radius 2 is 1.73 bits per heavy atom. The van der Waals surface area contributed by atoms with Gasteiger partial charge in [-0.3, -0.25) is 0 Å². The Morgan fingerprint density at radius 3 is 2.40 bits per heavy atom. The number of unbranched alkanes of at least 4 members (excludes halogenated alkanes) is 3. The zero-order valence-corrected chi connectivity index (χ0v) is 10.2. The third kappa shape index (κ3) is 11.8. The van der Waals surface area contributed by atoms with E-state index in [1.54, 1.807) is 0 Å². The standard InChI is InChI=1S/C12H26O3/c1-3-5-6-7-8-12(13)11-15-10-9-14-4-2/h12-13H,3-11H2,1-2H3. The van der Waals surface area contributed by atoms with Gasteiger partial charge >= 0.3 is 0 Å². The van der Waals surface area contributed by atoms with Crippen LogP contribution in [0, 0.1) is 0 Å². The van der Waals surface area contributed by atoms with Crippen LogP contribution in [0.4, 0.5) is 0 Å². The van der Waals surface area contributed by atoms with Crippen molar-refractivity contribution in [1.29, 1.82) is 0 Å². The van der Waals surface area contributed by atoms with Gasteiger partial charge in [0, 0.05) is 6.61 Å². The summed E-state index contributed by atoms with van der Waals surface area (Å²) < 4.78 is 10.4. The van der Waals surface area contributed by atoms with Crippen LogP contribution in [0.1, 0.15) is 46.0 Å². The van der Waals surface area contributed by atoms with E-state index in [9.17, 15) is 5.11 Å². The van der Waals surface area contributed by atoms with E-state index in [4.69, 9.17) is 9.47 Å². The molecule has 0 bridgehead atoms. The molecule has 1 unspecified atom stereocenters. The molecule has 3 nitrogen and oxygen atoms in total. The molecule has 0 aromatic heterocycles. The average molecular weight is 218 g/mol. The summed E-state index contributed by atoms with van der Waals surface area (Å²) in [7, 11) is 0. The molecule has 1 atom stereocenters. The summed E-state index contributed by atoms with van der Waals surface area (Å²) in [6.45, 7) is 6.52. The number of hydrogen-bond donors (Lipinski definition) is 1. The van der Waals surface area contributed by atoms with Crippen LogP contribution in [0.2, 0.25) is 0 Å². The maximum absolute atomic E-state index is 9.54. The summed E-state index contributed by atoms with van der Waals surface area (Å²) in [5.41, 5.74) is 0. The van der Waals surface area contributed by atoms with Gasteiger partial charge in [-0.15, -0.1) is 0 Å². The third-order valence-corrected chi connectivity index (χ3v) is 2.28. The molecule has 0 aromatic carbocycles.